The van der Waals surface area contributed by atoms with E-state index in [4.69, 9.17) is 4.74 Å². The van der Waals surface area contributed by atoms with Gasteiger partial charge in [0.2, 0.25) is 0 Å². The van der Waals surface area contributed by atoms with Crippen LogP contribution in [0.25, 0.3) is 0 Å². The number of rotatable bonds is 9. The zero-order valence-corrected chi connectivity index (χ0v) is 13.9. The summed E-state index contributed by atoms with van der Waals surface area (Å²) in [6.07, 6.45) is 2.17. The van der Waals surface area contributed by atoms with Gasteiger partial charge in [0.15, 0.2) is 5.78 Å². The molecule has 0 aliphatic carbocycles. The highest BCUT2D eigenvalue weighted by Crippen LogP contribution is 2.22. The Morgan fingerprint density at radius 3 is 2.24 bits per heavy atom. The first-order valence-corrected chi connectivity index (χ1v) is 8.53. The summed E-state index contributed by atoms with van der Waals surface area (Å²) in [5, 5.41) is 0. The molecule has 1 aromatic rings. The van der Waals surface area contributed by atoms with Gasteiger partial charge in [-0.1, -0.05) is 26.0 Å². The summed E-state index contributed by atoms with van der Waals surface area (Å²) in [7, 11) is 0. The van der Waals surface area contributed by atoms with Crippen molar-refractivity contribution >= 4 is 23.5 Å². The number of ether oxygens (including phenoxy) is 1. The lowest BCUT2D eigenvalue weighted by Gasteiger charge is -2.11. The Labute approximate surface area is 131 Å². The van der Waals surface area contributed by atoms with Crippen LogP contribution >= 0.6 is 11.8 Å². The third kappa shape index (κ3) is 5.92. The molecular weight excluding hydrogens is 284 g/mol. The van der Waals surface area contributed by atoms with Gasteiger partial charge >= 0.3 is 5.97 Å². The molecule has 0 spiro atoms. The Morgan fingerprint density at radius 2 is 1.71 bits per heavy atom. The van der Waals surface area contributed by atoms with Gasteiger partial charge < -0.3 is 4.74 Å². The van der Waals surface area contributed by atoms with Crippen LogP contribution in [0.1, 0.15) is 50.4 Å². The quantitative estimate of drug-likeness (QED) is 0.386. The third-order valence-electron chi connectivity index (χ3n) is 3.38. The average Bonchev–Trinajstić information content (AvgIpc) is 2.49. The summed E-state index contributed by atoms with van der Waals surface area (Å²) in [5.74, 6) is 0.875. The molecule has 0 amide bonds. The summed E-state index contributed by atoms with van der Waals surface area (Å²) in [6.45, 7) is 6.33. The Kier molecular flexibility index (Phi) is 8.13. The molecule has 0 heterocycles. The van der Waals surface area contributed by atoms with Crippen LogP contribution in [-0.2, 0) is 9.53 Å². The Bertz CT molecular complexity index is 450. The number of esters is 1. The number of hydrogen-bond acceptors (Lipinski definition) is 4. The van der Waals surface area contributed by atoms with Crippen LogP contribution in [0, 0.1) is 5.92 Å². The topological polar surface area (TPSA) is 43.4 Å². The van der Waals surface area contributed by atoms with Crippen LogP contribution in [-0.4, -0.2) is 24.1 Å². The minimum absolute atomic E-state index is 0.118. The van der Waals surface area contributed by atoms with Crippen molar-refractivity contribution in [2.75, 3.05) is 12.4 Å². The van der Waals surface area contributed by atoms with Crippen LogP contribution in [0.3, 0.4) is 0 Å². The fourth-order valence-corrected chi connectivity index (χ4v) is 2.93. The Balaban J connectivity index is 2.50. The van der Waals surface area contributed by atoms with E-state index in [9.17, 15) is 9.59 Å². The van der Waals surface area contributed by atoms with Crippen molar-refractivity contribution < 1.29 is 14.3 Å². The lowest BCUT2D eigenvalue weighted by Crippen LogP contribution is -2.12. The normalized spacial score (nSPS) is 10.7. The van der Waals surface area contributed by atoms with Crippen molar-refractivity contribution in [3.05, 3.63) is 29.8 Å². The zero-order chi connectivity index (χ0) is 15.7. The molecule has 0 fully saturated rings. The van der Waals surface area contributed by atoms with E-state index in [0.717, 1.165) is 23.3 Å². The van der Waals surface area contributed by atoms with Gasteiger partial charge in [-0.25, -0.2) is 0 Å². The van der Waals surface area contributed by atoms with E-state index in [1.54, 1.807) is 18.7 Å². The fourth-order valence-electron chi connectivity index (χ4n) is 2.10. The standard InChI is InChI=1S/C17H24O3S/c1-4-13(5-2)17(19)14-7-9-15(10-8-14)21-12-11-16(18)20-6-3/h7-10,13H,4-6,11-12H2,1-3H3. The predicted octanol–water partition coefficient (Wildman–Crippen LogP) is 4.35. The molecule has 0 bridgehead atoms. The van der Waals surface area contributed by atoms with Crippen LogP contribution in [0.15, 0.2) is 29.2 Å². The van der Waals surface area contributed by atoms with Gasteiger partial charge in [0.05, 0.1) is 13.0 Å². The zero-order valence-electron chi connectivity index (χ0n) is 13.1. The second-order valence-corrected chi connectivity index (χ2v) is 5.97. The van der Waals surface area contributed by atoms with Crippen molar-refractivity contribution in [2.45, 2.75) is 44.9 Å². The Hall–Kier alpha value is -1.29. The lowest BCUT2D eigenvalue weighted by atomic mass is 9.93. The van der Waals surface area contributed by atoms with Gasteiger partial charge in [0, 0.05) is 22.1 Å². The highest BCUT2D eigenvalue weighted by molar-refractivity contribution is 7.99. The van der Waals surface area contributed by atoms with Crippen molar-refractivity contribution in [2.24, 2.45) is 5.92 Å². The first-order chi connectivity index (χ1) is 10.1. The van der Waals surface area contributed by atoms with Gasteiger partial charge in [0.1, 0.15) is 0 Å². The smallest absolute Gasteiger partial charge is 0.306 e. The van der Waals surface area contributed by atoms with E-state index in [1.165, 1.54) is 0 Å². The van der Waals surface area contributed by atoms with Crippen molar-refractivity contribution in [3.63, 3.8) is 0 Å². The van der Waals surface area contributed by atoms with E-state index in [-0.39, 0.29) is 17.7 Å². The number of hydrogen-bond donors (Lipinski definition) is 0. The van der Waals surface area contributed by atoms with Gasteiger partial charge in [0.25, 0.3) is 0 Å². The third-order valence-corrected chi connectivity index (χ3v) is 4.39. The summed E-state index contributed by atoms with van der Waals surface area (Å²) >= 11 is 1.60. The average molecular weight is 308 g/mol. The second-order valence-electron chi connectivity index (χ2n) is 4.81. The molecule has 0 N–H and O–H groups in total. The van der Waals surface area contributed by atoms with E-state index >= 15 is 0 Å². The predicted molar refractivity (Wildman–Crippen MR) is 86.8 cm³/mol. The molecule has 4 heteroatoms. The molecular formula is C17H24O3S. The van der Waals surface area contributed by atoms with Crippen LogP contribution in [0.4, 0.5) is 0 Å². The van der Waals surface area contributed by atoms with Crippen LogP contribution < -0.4 is 0 Å². The number of benzene rings is 1. The summed E-state index contributed by atoms with van der Waals surface area (Å²) in [4.78, 5) is 24.5. The maximum absolute atomic E-state index is 12.2. The lowest BCUT2D eigenvalue weighted by molar-refractivity contribution is -0.142. The van der Waals surface area contributed by atoms with E-state index in [0.29, 0.717) is 18.8 Å². The van der Waals surface area contributed by atoms with Gasteiger partial charge in [-0.3, -0.25) is 9.59 Å². The number of ketones is 1. The first-order valence-electron chi connectivity index (χ1n) is 7.55. The molecule has 116 valence electrons. The minimum Gasteiger partial charge on any atom is -0.466 e. The number of Topliss-reactive ketones (excluding diaryl/α,β-unsaturated/α-hetero) is 1. The maximum Gasteiger partial charge on any atom is 0.306 e. The van der Waals surface area contributed by atoms with E-state index in [2.05, 4.69) is 0 Å². The molecule has 0 unspecified atom stereocenters. The van der Waals surface area contributed by atoms with Crippen molar-refractivity contribution in [1.29, 1.82) is 0 Å². The molecule has 1 rings (SSSR count). The molecule has 0 saturated heterocycles. The van der Waals surface area contributed by atoms with Gasteiger partial charge in [-0.05, 0) is 31.9 Å². The SMILES string of the molecule is CCOC(=O)CCSc1ccc(C(=O)C(CC)CC)cc1. The van der Waals surface area contributed by atoms with Gasteiger partial charge in [-0.2, -0.15) is 0 Å². The number of thioether (sulfide) groups is 1. The van der Waals surface area contributed by atoms with E-state index < -0.39 is 0 Å². The largest absolute Gasteiger partial charge is 0.466 e. The number of carbonyl (C=O) groups excluding carboxylic acids is 2. The minimum atomic E-state index is -0.162. The second kappa shape index (κ2) is 9.61. The molecule has 0 radical (unpaired) electrons. The molecule has 21 heavy (non-hydrogen) atoms. The van der Waals surface area contributed by atoms with Crippen LogP contribution in [0.5, 0.6) is 0 Å². The van der Waals surface area contributed by atoms with Crippen molar-refractivity contribution in [3.8, 4) is 0 Å². The molecule has 1 aromatic carbocycles. The molecule has 0 aliphatic heterocycles. The molecule has 3 nitrogen and oxygen atoms in total. The highest BCUT2D eigenvalue weighted by atomic mass is 32.2. The fraction of sp³-hybridized carbons (Fsp3) is 0.529. The molecule has 0 aliphatic rings. The molecule has 0 aromatic heterocycles. The van der Waals surface area contributed by atoms with Crippen molar-refractivity contribution in [1.82, 2.24) is 0 Å². The van der Waals surface area contributed by atoms with E-state index in [1.807, 2.05) is 38.1 Å². The summed E-state index contributed by atoms with van der Waals surface area (Å²) < 4.78 is 4.88. The highest BCUT2D eigenvalue weighted by Gasteiger charge is 2.15. The summed E-state index contributed by atoms with van der Waals surface area (Å²) in [6, 6.07) is 7.66. The summed E-state index contributed by atoms with van der Waals surface area (Å²) in [5.41, 5.74) is 0.776. The number of carbonyl (C=O) groups is 2. The van der Waals surface area contributed by atoms with Gasteiger partial charge in [-0.15, -0.1) is 11.8 Å². The first kappa shape index (κ1) is 17.8. The molecule has 0 atom stereocenters. The maximum atomic E-state index is 12.2. The Morgan fingerprint density at radius 1 is 1.10 bits per heavy atom. The van der Waals surface area contributed by atoms with Crippen LogP contribution in [0.2, 0.25) is 0 Å². The molecule has 0 saturated carbocycles. The monoisotopic (exact) mass is 308 g/mol.